The molecular formula is C20H26FNO2. The number of halogens is 1. The van der Waals surface area contributed by atoms with Crippen LogP contribution in [0.25, 0.3) is 0 Å². The van der Waals surface area contributed by atoms with Crippen molar-refractivity contribution in [3.63, 3.8) is 0 Å². The number of ether oxygens (including phenoxy) is 1. The van der Waals surface area contributed by atoms with Crippen molar-refractivity contribution in [3.8, 4) is 0 Å². The van der Waals surface area contributed by atoms with Gasteiger partial charge in [0.1, 0.15) is 11.4 Å². The van der Waals surface area contributed by atoms with Crippen LogP contribution in [0.5, 0.6) is 0 Å². The third kappa shape index (κ3) is 3.97. The van der Waals surface area contributed by atoms with Crippen LogP contribution in [-0.4, -0.2) is 28.7 Å². The summed E-state index contributed by atoms with van der Waals surface area (Å²) < 4.78 is 18.5. The highest BCUT2D eigenvalue weighted by atomic mass is 19.1. The summed E-state index contributed by atoms with van der Waals surface area (Å²) in [6.45, 7) is 5.71. The molecular weight excluding hydrogens is 305 g/mol. The highest BCUT2D eigenvalue weighted by Crippen LogP contribution is 2.37. The van der Waals surface area contributed by atoms with Gasteiger partial charge < -0.3 is 4.74 Å². The monoisotopic (exact) mass is 331 g/mol. The second-order valence-corrected chi connectivity index (χ2v) is 7.84. The molecule has 4 heteroatoms. The molecule has 2 unspecified atom stereocenters. The zero-order chi connectivity index (χ0) is 17.3. The average Bonchev–Trinajstić information content (AvgIpc) is 2.76. The zero-order valence-electron chi connectivity index (χ0n) is 14.7. The lowest BCUT2D eigenvalue weighted by atomic mass is 9.95. The number of aryl methyl sites for hydroxylation is 1. The van der Waals surface area contributed by atoms with Gasteiger partial charge in [0.25, 0.3) is 0 Å². The van der Waals surface area contributed by atoms with Gasteiger partial charge in [0.15, 0.2) is 0 Å². The van der Waals surface area contributed by atoms with Gasteiger partial charge in [-0.2, -0.15) is 0 Å². The van der Waals surface area contributed by atoms with E-state index in [0.29, 0.717) is 0 Å². The Balaban J connectivity index is 1.62. The summed E-state index contributed by atoms with van der Waals surface area (Å²) in [5.74, 6) is -0.193. The van der Waals surface area contributed by atoms with Gasteiger partial charge in [0, 0.05) is 6.04 Å². The van der Waals surface area contributed by atoms with Crippen LogP contribution in [0.2, 0.25) is 0 Å². The number of carbonyl (C=O) groups excluding carboxylic acids is 1. The summed E-state index contributed by atoms with van der Waals surface area (Å²) in [6.07, 6.45) is 6.93. The van der Waals surface area contributed by atoms with Gasteiger partial charge in [-0.3, -0.25) is 4.90 Å². The van der Waals surface area contributed by atoms with E-state index in [1.54, 1.807) is 0 Å². The second-order valence-electron chi connectivity index (χ2n) is 7.84. The molecule has 0 aromatic heterocycles. The lowest BCUT2D eigenvalue weighted by Gasteiger charge is -2.35. The van der Waals surface area contributed by atoms with Crippen molar-refractivity contribution in [2.45, 2.75) is 70.6 Å². The van der Waals surface area contributed by atoms with E-state index in [2.05, 4.69) is 6.08 Å². The van der Waals surface area contributed by atoms with Crippen LogP contribution in [-0.2, 0) is 11.2 Å². The molecule has 2 aliphatic heterocycles. The molecule has 0 spiro atoms. The van der Waals surface area contributed by atoms with Crippen LogP contribution >= 0.6 is 0 Å². The molecule has 2 aliphatic rings. The van der Waals surface area contributed by atoms with Gasteiger partial charge >= 0.3 is 6.09 Å². The third-order valence-electron chi connectivity index (χ3n) is 4.72. The molecule has 1 amide bonds. The quantitative estimate of drug-likeness (QED) is 0.741. The maximum atomic E-state index is 13.0. The van der Waals surface area contributed by atoms with Crippen molar-refractivity contribution < 1.29 is 13.9 Å². The molecule has 0 saturated carbocycles. The summed E-state index contributed by atoms with van der Waals surface area (Å²) in [6, 6.07) is 7.15. The molecule has 24 heavy (non-hydrogen) atoms. The summed E-state index contributed by atoms with van der Waals surface area (Å²) >= 11 is 0. The van der Waals surface area contributed by atoms with Crippen LogP contribution in [0.3, 0.4) is 0 Å². The standard InChI is InChI=1S/C20H26FNO2/c1-20(2,3)24-19(23)22-17-10-11-18(22)13-15(12-17)5-4-14-6-8-16(21)9-7-14/h6-9,12,17-18H,4-5,10-11,13H2,1-3H3. The summed E-state index contributed by atoms with van der Waals surface area (Å²) in [4.78, 5) is 14.4. The van der Waals surface area contributed by atoms with E-state index < -0.39 is 5.60 Å². The fourth-order valence-electron chi connectivity index (χ4n) is 3.66. The minimum atomic E-state index is -0.455. The van der Waals surface area contributed by atoms with Gasteiger partial charge in [-0.25, -0.2) is 9.18 Å². The first-order valence-electron chi connectivity index (χ1n) is 8.77. The number of rotatable bonds is 3. The Labute approximate surface area is 143 Å². The smallest absolute Gasteiger partial charge is 0.411 e. The molecule has 1 saturated heterocycles. The van der Waals surface area contributed by atoms with E-state index in [1.807, 2.05) is 37.8 Å². The molecule has 2 bridgehead atoms. The van der Waals surface area contributed by atoms with E-state index in [9.17, 15) is 9.18 Å². The second kappa shape index (κ2) is 6.58. The summed E-state index contributed by atoms with van der Waals surface area (Å²) in [5.41, 5.74) is 2.11. The molecule has 2 heterocycles. The van der Waals surface area contributed by atoms with E-state index >= 15 is 0 Å². The van der Waals surface area contributed by atoms with Gasteiger partial charge in [0.2, 0.25) is 0 Å². The van der Waals surface area contributed by atoms with Gasteiger partial charge in [-0.15, -0.1) is 0 Å². The third-order valence-corrected chi connectivity index (χ3v) is 4.72. The normalized spacial score (nSPS) is 23.2. The average molecular weight is 331 g/mol. The van der Waals surface area contributed by atoms with Gasteiger partial charge in [-0.1, -0.05) is 23.8 Å². The van der Waals surface area contributed by atoms with Crippen LogP contribution in [0, 0.1) is 5.82 Å². The van der Waals surface area contributed by atoms with Crippen LogP contribution in [0.15, 0.2) is 35.9 Å². The maximum absolute atomic E-state index is 13.0. The van der Waals surface area contributed by atoms with Crippen LogP contribution < -0.4 is 0 Å². The number of carbonyl (C=O) groups is 1. The zero-order valence-corrected chi connectivity index (χ0v) is 14.7. The Hall–Kier alpha value is -1.84. The van der Waals surface area contributed by atoms with E-state index in [1.165, 1.54) is 17.7 Å². The van der Waals surface area contributed by atoms with Gasteiger partial charge in [-0.05, 0) is 70.6 Å². The predicted octanol–water partition coefficient (Wildman–Crippen LogP) is 4.86. The van der Waals surface area contributed by atoms with E-state index in [-0.39, 0.29) is 24.0 Å². The molecule has 130 valence electrons. The predicted molar refractivity (Wildman–Crippen MR) is 92.3 cm³/mol. The fraction of sp³-hybridized carbons (Fsp3) is 0.550. The van der Waals surface area contributed by atoms with Crippen molar-refractivity contribution >= 4 is 6.09 Å². The van der Waals surface area contributed by atoms with Crippen molar-refractivity contribution in [1.82, 2.24) is 4.90 Å². The lowest BCUT2D eigenvalue weighted by Crippen LogP contribution is -2.45. The number of fused-ring (bicyclic) bond motifs is 2. The topological polar surface area (TPSA) is 29.5 Å². The number of amides is 1. The minimum Gasteiger partial charge on any atom is -0.444 e. The van der Waals surface area contributed by atoms with E-state index in [4.69, 9.17) is 4.74 Å². The van der Waals surface area contributed by atoms with Crippen molar-refractivity contribution in [1.29, 1.82) is 0 Å². The molecule has 0 aliphatic carbocycles. The number of nitrogens with zero attached hydrogens (tertiary/aromatic N) is 1. The Bertz CT molecular complexity index is 630. The van der Waals surface area contributed by atoms with Crippen molar-refractivity contribution in [2.24, 2.45) is 0 Å². The van der Waals surface area contributed by atoms with Crippen molar-refractivity contribution in [3.05, 3.63) is 47.3 Å². The first-order chi connectivity index (χ1) is 11.3. The highest BCUT2D eigenvalue weighted by Gasteiger charge is 2.41. The highest BCUT2D eigenvalue weighted by molar-refractivity contribution is 5.70. The number of benzene rings is 1. The SMILES string of the molecule is CC(C)(C)OC(=O)N1C2C=C(CCc3ccc(F)cc3)CC1CC2. The molecule has 1 aromatic carbocycles. The first-order valence-corrected chi connectivity index (χ1v) is 8.77. The molecule has 3 nitrogen and oxygen atoms in total. The van der Waals surface area contributed by atoms with Crippen LogP contribution in [0.4, 0.5) is 9.18 Å². The maximum Gasteiger partial charge on any atom is 0.411 e. The minimum absolute atomic E-state index is 0.168. The van der Waals surface area contributed by atoms with Crippen LogP contribution in [0.1, 0.15) is 52.0 Å². The Morgan fingerprint density at radius 3 is 2.54 bits per heavy atom. The largest absolute Gasteiger partial charge is 0.444 e. The Morgan fingerprint density at radius 1 is 1.21 bits per heavy atom. The van der Waals surface area contributed by atoms with Crippen molar-refractivity contribution in [2.75, 3.05) is 0 Å². The molecule has 0 N–H and O–H groups in total. The number of hydrogen-bond donors (Lipinski definition) is 0. The molecule has 2 atom stereocenters. The van der Waals surface area contributed by atoms with Gasteiger partial charge in [0.05, 0.1) is 6.04 Å². The first kappa shape index (κ1) is 17.0. The Morgan fingerprint density at radius 2 is 1.92 bits per heavy atom. The molecule has 1 aromatic rings. The number of hydrogen-bond acceptors (Lipinski definition) is 2. The summed E-state index contributed by atoms with van der Waals surface area (Å²) in [7, 11) is 0. The van der Waals surface area contributed by atoms with E-state index in [0.717, 1.165) is 37.7 Å². The molecule has 3 rings (SSSR count). The molecule has 0 radical (unpaired) electrons. The molecule has 1 fully saturated rings. The Kier molecular flexibility index (Phi) is 4.66. The summed E-state index contributed by atoms with van der Waals surface area (Å²) in [5, 5.41) is 0. The fourth-order valence-corrected chi connectivity index (χ4v) is 3.66. The lowest BCUT2D eigenvalue weighted by molar-refractivity contribution is 0.0166.